The Morgan fingerprint density at radius 3 is 2.20 bits per heavy atom. The van der Waals surface area contributed by atoms with E-state index in [0.717, 1.165) is 15.8 Å². The Morgan fingerprint density at radius 1 is 0.864 bits per heavy atom. The number of hydrogen-bond donors (Lipinski definition) is 9. The molecule has 0 radical (unpaired) electrons. The van der Waals surface area contributed by atoms with Crippen molar-refractivity contribution in [1.29, 1.82) is 0 Å². The van der Waals surface area contributed by atoms with Crippen molar-refractivity contribution in [2.75, 3.05) is 12.3 Å². The van der Waals surface area contributed by atoms with E-state index in [1.54, 1.807) is 6.07 Å². The van der Waals surface area contributed by atoms with Gasteiger partial charge in [0.1, 0.15) is 30.0 Å². The van der Waals surface area contributed by atoms with Crippen molar-refractivity contribution in [3.05, 3.63) is 40.2 Å². The molecule has 0 spiro atoms. The van der Waals surface area contributed by atoms with Gasteiger partial charge in [0, 0.05) is 40.7 Å². The molecular weight excluding hydrogens is 598 g/mol. The van der Waals surface area contributed by atoms with Crippen molar-refractivity contribution in [2.45, 2.75) is 110 Å². The molecule has 2 aliphatic heterocycles. The Labute approximate surface area is 257 Å². The van der Waals surface area contributed by atoms with Crippen LogP contribution in [0.1, 0.15) is 18.4 Å². The summed E-state index contributed by atoms with van der Waals surface area (Å²) in [6, 6.07) is 3.55. The summed E-state index contributed by atoms with van der Waals surface area (Å²) in [5.41, 5.74) is 31.4. The maximum absolute atomic E-state index is 11.8. The second-order valence-corrected chi connectivity index (χ2v) is 12.9. The molecule has 1 aromatic carbocycles. The number of aliphatic hydroxyl groups excluding tert-OH is 4. The average Bonchev–Trinajstić information content (AvgIpc) is 2.97. The van der Waals surface area contributed by atoms with E-state index in [4.69, 9.17) is 52.0 Å². The fourth-order valence-corrected chi connectivity index (χ4v) is 6.98. The Bertz CT molecular complexity index is 1340. The maximum atomic E-state index is 11.8. The molecule has 14 N–H and O–H groups in total. The van der Waals surface area contributed by atoms with Crippen LogP contribution in [0.2, 0.25) is 0 Å². The molecule has 0 amide bonds. The molecule has 3 aliphatic rings. The van der Waals surface area contributed by atoms with Gasteiger partial charge in [0.2, 0.25) is 0 Å². The fourth-order valence-electron chi connectivity index (χ4n) is 5.99. The minimum atomic E-state index is -1.44. The molecule has 0 bridgehead atoms. The zero-order chi connectivity index (χ0) is 31.9. The van der Waals surface area contributed by atoms with Gasteiger partial charge in [0.25, 0.3) is 0 Å². The van der Waals surface area contributed by atoms with Gasteiger partial charge >= 0.3 is 5.63 Å². The lowest BCUT2D eigenvalue weighted by Crippen LogP contribution is -2.68. The van der Waals surface area contributed by atoms with Gasteiger partial charge in [-0.3, -0.25) is 0 Å². The van der Waals surface area contributed by atoms with Crippen molar-refractivity contribution >= 4 is 22.7 Å². The standard InChI is InChI=1S/C28H43N5O10S/c1-10-4-20(35)39-17-5-11(2-3-12(10)17)44-9-19-22(36)21(33)23(37)28(41-19)43-26-14(31)6-13(30)25(24(26)38)42-27-15(32)7-16(34)18(8-29)40-27/h2-5,13-16,18-19,21-28,34,36-38H,6-9,29-33H2,1H3/t13-,14+,15+,16-,18+,19+,21-,22+,23+,24-,25+,26-,27+,28+/m0/s1. The molecule has 44 heavy (non-hydrogen) atoms. The van der Waals surface area contributed by atoms with Crippen LogP contribution in [0.4, 0.5) is 0 Å². The van der Waals surface area contributed by atoms with Crippen molar-refractivity contribution in [2.24, 2.45) is 28.7 Å². The van der Waals surface area contributed by atoms with E-state index >= 15 is 0 Å². The molecule has 2 aromatic rings. The monoisotopic (exact) mass is 641 g/mol. The Kier molecular flexibility index (Phi) is 10.7. The first kappa shape index (κ1) is 33.6. The van der Waals surface area contributed by atoms with E-state index < -0.39 is 91.2 Å². The van der Waals surface area contributed by atoms with E-state index in [1.807, 2.05) is 19.1 Å². The van der Waals surface area contributed by atoms with Crippen molar-refractivity contribution < 1.29 is 43.8 Å². The van der Waals surface area contributed by atoms with Crippen LogP contribution in [0.5, 0.6) is 0 Å². The summed E-state index contributed by atoms with van der Waals surface area (Å²) in [7, 11) is 0. The second kappa shape index (κ2) is 13.9. The second-order valence-electron chi connectivity index (χ2n) is 11.8. The third-order valence-corrected chi connectivity index (χ3v) is 9.65. The highest BCUT2D eigenvalue weighted by atomic mass is 32.2. The van der Waals surface area contributed by atoms with Gasteiger partial charge in [-0.15, -0.1) is 11.8 Å². The lowest BCUT2D eigenvalue weighted by Gasteiger charge is -2.48. The normalized spacial score (nSPS) is 41.6. The molecule has 3 fully saturated rings. The molecule has 2 saturated heterocycles. The summed E-state index contributed by atoms with van der Waals surface area (Å²) >= 11 is 1.33. The van der Waals surface area contributed by atoms with Crippen molar-refractivity contribution in [1.82, 2.24) is 0 Å². The zero-order valence-electron chi connectivity index (χ0n) is 24.3. The lowest BCUT2D eigenvalue weighted by atomic mass is 9.84. The van der Waals surface area contributed by atoms with Crippen LogP contribution >= 0.6 is 11.8 Å². The van der Waals surface area contributed by atoms with Crippen LogP contribution in [0.25, 0.3) is 11.0 Å². The molecule has 246 valence electrons. The molecule has 1 aromatic heterocycles. The Morgan fingerprint density at radius 2 is 1.52 bits per heavy atom. The quantitative estimate of drug-likeness (QED) is 0.102. The first-order chi connectivity index (χ1) is 20.9. The third kappa shape index (κ3) is 6.98. The summed E-state index contributed by atoms with van der Waals surface area (Å²) in [4.78, 5) is 12.6. The average molecular weight is 642 g/mol. The molecule has 5 rings (SSSR count). The number of nitrogens with two attached hydrogens (primary N) is 5. The Hall–Kier alpha value is -1.74. The number of fused-ring (bicyclic) bond motifs is 1. The third-order valence-electron chi connectivity index (χ3n) is 8.57. The van der Waals surface area contributed by atoms with Crippen LogP contribution in [-0.2, 0) is 18.9 Å². The minimum Gasteiger partial charge on any atom is -0.423 e. The van der Waals surface area contributed by atoms with Crippen LogP contribution in [-0.4, -0.2) is 118 Å². The topological polar surface area (TPSA) is 278 Å². The van der Waals surface area contributed by atoms with Crippen LogP contribution in [0, 0.1) is 6.92 Å². The number of aliphatic hydroxyl groups is 4. The molecule has 3 heterocycles. The summed E-state index contributed by atoms with van der Waals surface area (Å²) in [6.45, 7) is 1.87. The highest BCUT2D eigenvalue weighted by molar-refractivity contribution is 7.99. The predicted octanol–water partition coefficient (Wildman–Crippen LogP) is -3.08. The van der Waals surface area contributed by atoms with E-state index in [-0.39, 0.29) is 25.1 Å². The van der Waals surface area contributed by atoms with Gasteiger partial charge < -0.3 is 72.5 Å². The summed E-state index contributed by atoms with van der Waals surface area (Å²) in [5, 5.41) is 43.9. The number of aryl methyl sites for hydroxylation is 1. The van der Waals surface area contributed by atoms with Crippen LogP contribution < -0.4 is 34.3 Å². The predicted molar refractivity (Wildman–Crippen MR) is 159 cm³/mol. The van der Waals surface area contributed by atoms with Gasteiger partial charge in [-0.1, -0.05) is 0 Å². The number of ether oxygens (including phenoxy) is 4. The van der Waals surface area contributed by atoms with Crippen molar-refractivity contribution in [3.8, 4) is 0 Å². The fraction of sp³-hybridized carbons (Fsp3) is 0.679. The van der Waals surface area contributed by atoms with E-state index in [9.17, 15) is 25.2 Å². The van der Waals surface area contributed by atoms with Gasteiger partial charge in [-0.05, 0) is 43.5 Å². The highest BCUT2D eigenvalue weighted by Gasteiger charge is 2.50. The van der Waals surface area contributed by atoms with E-state index in [2.05, 4.69) is 0 Å². The van der Waals surface area contributed by atoms with E-state index in [1.165, 1.54) is 17.8 Å². The molecular formula is C28H43N5O10S. The molecule has 15 nitrogen and oxygen atoms in total. The number of rotatable bonds is 8. The molecule has 1 aliphatic carbocycles. The maximum Gasteiger partial charge on any atom is 0.336 e. The van der Waals surface area contributed by atoms with Gasteiger partial charge in [0.05, 0.1) is 36.5 Å². The van der Waals surface area contributed by atoms with Gasteiger partial charge in [0.15, 0.2) is 12.6 Å². The first-order valence-corrected chi connectivity index (χ1v) is 15.6. The number of hydrogen-bond acceptors (Lipinski definition) is 16. The van der Waals surface area contributed by atoms with Crippen LogP contribution in [0.15, 0.2) is 38.4 Å². The molecule has 0 unspecified atom stereocenters. The largest absolute Gasteiger partial charge is 0.423 e. The number of thioether (sulfide) groups is 1. The minimum absolute atomic E-state index is 0.0447. The Balaban J connectivity index is 1.26. The summed E-state index contributed by atoms with van der Waals surface area (Å²) < 4.78 is 29.1. The molecule has 1 saturated carbocycles. The molecule has 16 heteroatoms. The van der Waals surface area contributed by atoms with Crippen LogP contribution in [0.3, 0.4) is 0 Å². The highest BCUT2D eigenvalue weighted by Crippen LogP contribution is 2.33. The van der Waals surface area contributed by atoms with E-state index in [0.29, 0.717) is 5.58 Å². The van der Waals surface area contributed by atoms with Gasteiger partial charge in [-0.2, -0.15) is 0 Å². The summed E-state index contributed by atoms with van der Waals surface area (Å²) in [5.74, 6) is 0.212. The SMILES string of the molecule is Cc1cc(=O)oc2cc(SC[C@H]3O[C@H](O[C@@H]4[C@@H](O)[C@H](O[C@H]5O[C@H](CN)[C@@H](O)C[C@H]5N)[C@@H](N)C[C@H]4N)[C@H](O)[C@@H](N)[C@@H]3O)ccc12. The molecule has 14 atom stereocenters. The van der Waals surface area contributed by atoms with Gasteiger partial charge in [-0.25, -0.2) is 4.79 Å². The zero-order valence-corrected chi connectivity index (χ0v) is 25.1. The van der Waals surface area contributed by atoms with Crippen molar-refractivity contribution in [3.63, 3.8) is 0 Å². The first-order valence-electron chi connectivity index (χ1n) is 14.6. The summed E-state index contributed by atoms with van der Waals surface area (Å²) in [6.07, 6.45) is -10.6. The number of benzene rings is 1. The lowest BCUT2D eigenvalue weighted by molar-refractivity contribution is -0.309. The smallest absolute Gasteiger partial charge is 0.336 e.